The highest BCUT2D eigenvalue weighted by molar-refractivity contribution is 4.92. The van der Waals surface area contributed by atoms with Gasteiger partial charge < -0.3 is 15.2 Å². The molecule has 1 saturated heterocycles. The highest BCUT2D eigenvalue weighted by atomic mass is 16.5. The van der Waals surface area contributed by atoms with Crippen molar-refractivity contribution in [2.75, 3.05) is 6.54 Å². The third kappa shape index (κ3) is 4.44. The summed E-state index contributed by atoms with van der Waals surface area (Å²) < 4.78 is 6.03. The van der Waals surface area contributed by atoms with E-state index in [2.05, 4.69) is 26.1 Å². The van der Waals surface area contributed by atoms with Gasteiger partial charge in [-0.05, 0) is 65.3 Å². The molecule has 112 valence electrons. The van der Waals surface area contributed by atoms with Crippen LogP contribution in [-0.2, 0) is 4.74 Å². The van der Waals surface area contributed by atoms with E-state index in [1.165, 1.54) is 6.42 Å². The molecule has 3 heteroatoms. The molecular weight excluding hydrogens is 238 g/mol. The number of hydrogen-bond donors (Lipinski definition) is 2. The highest BCUT2D eigenvalue weighted by Crippen LogP contribution is 2.38. The minimum absolute atomic E-state index is 0.0148. The Hall–Kier alpha value is -0.120. The molecule has 0 aromatic rings. The van der Waals surface area contributed by atoms with Crippen LogP contribution in [0.25, 0.3) is 0 Å². The Morgan fingerprint density at radius 2 is 1.84 bits per heavy atom. The van der Waals surface area contributed by atoms with Crippen LogP contribution in [0.15, 0.2) is 0 Å². The third-order valence-corrected chi connectivity index (χ3v) is 4.76. The van der Waals surface area contributed by atoms with Gasteiger partial charge in [-0.3, -0.25) is 0 Å². The number of ether oxygens (including phenoxy) is 1. The summed E-state index contributed by atoms with van der Waals surface area (Å²) in [5, 5.41) is 14.3. The van der Waals surface area contributed by atoms with Crippen molar-refractivity contribution in [2.45, 2.75) is 95.5 Å². The van der Waals surface area contributed by atoms with Crippen molar-refractivity contribution >= 4 is 0 Å². The van der Waals surface area contributed by atoms with E-state index in [1.807, 2.05) is 0 Å². The molecule has 0 spiro atoms. The second kappa shape index (κ2) is 6.11. The lowest BCUT2D eigenvalue weighted by Gasteiger charge is -2.38. The largest absolute Gasteiger partial charge is 0.390 e. The summed E-state index contributed by atoms with van der Waals surface area (Å²) in [4.78, 5) is 0. The molecule has 2 fully saturated rings. The fourth-order valence-electron chi connectivity index (χ4n) is 3.56. The van der Waals surface area contributed by atoms with E-state index in [1.54, 1.807) is 0 Å². The number of aliphatic hydroxyl groups is 1. The fourth-order valence-corrected chi connectivity index (χ4v) is 3.56. The van der Waals surface area contributed by atoms with Crippen LogP contribution in [0.5, 0.6) is 0 Å². The molecule has 0 amide bonds. The van der Waals surface area contributed by atoms with Crippen LogP contribution in [-0.4, -0.2) is 35.0 Å². The SMILES string of the molecule is CCCNC1CCC(O)(CC2CCC(C)(C)O2)CC1. The van der Waals surface area contributed by atoms with Gasteiger partial charge in [-0.2, -0.15) is 0 Å². The first-order valence-electron chi connectivity index (χ1n) is 8.06. The Morgan fingerprint density at radius 1 is 1.16 bits per heavy atom. The van der Waals surface area contributed by atoms with E-state index in [0.717, 1.165) is 51.5 Å². The summed E-state index contributed by atoms with van der Waals surface area (Å²) in [6, 6.07) is 0.612. The second-order valence-electron chi connectivity index (χ2n) is 7.20. The van der Waals surface area contributed by atoms with Crippen LogP contribution in [0.1, 0.15) is 72.1 Å². The highest BCUT2D eigenvalue weighted by Gasteiger charge is 2.39. The Bertz CT molecular complexity index is 282. The average Bonchev–Trinajstić information content (AvgIpc) is 2.67. The molecule has 1 heterocycles. The molecule has 0 bridgehead atoms. The van der Waals surface area contributed by atoms with E-state index in [4.69, 9.17) is 4.74 Å². The molecule has 2 N–H and O–H groups in total. The number of nitrogens with one attached hydrogen (secondary N) is 1. The van der Waals surface area contributed by atoms with Gasteiger partial charge >= 0.3 is 0 Å². The lowest BCUT2D eigenvalue weighted by Crippen LogP contribution is -2.43. The molecule has 1 saturated carbocycles. The van der Waals surface area contributed by atoms with Crippen LogP contribution < -0.4 is 5.32 Å². The lowest BCUT2D eigenvalue weighted by molar-refractivity contribution is -0.0792. The zero-order valence-corrected chi connectivity index (χ0v) is 12.9. The smallest absolute Gasteiger partial charge is 0.0673 e. The monoisotopic (exact) mass is 269 g/mol. The molecule has 1 aliphatic heterocycles. The van der Waals surface area contributed by atoms with Gasteiger partial charge in [-0.15, -0.1) is 0 Å². The van der Waals surface area contributed by atoms with Crippen molar-refractivity contribution < 1.29 is 9.84 Å². The molecule has 2 rings (SSSR count). The lowest BCUT2D eigenvalue weighted by atomic mass is 9.78. The third-order valence-electron chi connectivity index (χ3n) is 4.76. The summed E-state index contributed by atoms with van der Waals surface area (Å²) in [5.74, 6) is 0. The van der Waals surface area contributed by atoms with Gasteiger partial charge in [0.05, 0.1) is 17.3 Å². The molecule has 19 heavy (non-hydrogen) atoms. The van der Waals surface area contributed by atoms with Crippen LogP contribution >= 0.6 is 0 Å². The Labute approximate surface area is 118 Å². The van der Waals surface area contributed by atoms with Crippen molar-refractivity contribution in [1.82, 2.24) is 5.32 Å². The summed E-state index contributed by atoms with van der Waals surface area (Å²) >= 11 is 0. The number of rotatable bonds is 5. The van der Waals surface area contributed by atoms with Crippen LogP contribution in [0.2, 0.25) is 0 Å². The van der Waals surface area contributed by atoms with E-state index in [-0.39, 0.29) is 11.7 Å². The predicted octanol–water partition coefficient (Wildman–Crippen LogP) is 3.01. The average molecular weight is 269 g/mol. The minimum Gasteiger partial charge on any atom is -0.390 e. The molecule has 1 unspecified atom stereocenters. The molecule has 0 aromatic heterocycles. The van der Waals surface area contributed by atoms with Crippen molar-refractivity contribution in [3.63, 3.8) is 0 Å². The van der Waals surface area contributed by atoms with E-state index in [9.17, 15) is 5.11 Å². The fraction of sp³-hybridized carbons (Fsp3) is 1.00. The maximum Gasteiger partial charge on any atom is 0.0673 e. The predicted molar refractivity (Wildman–Crippen MR) is 78.3 cm³/mol. The molecule has 0 aromatic carbocycles. The van der Waals surface area contributed by atoms with Gasteiger partial charge in [0, 0.05) is 12.5 Å². The first-order chi connectivity index (χ1) is 8.92. The summed E-state index contributed by atoms with van der Waals surface area (Å²) in [7, 11) is 0. The molecule has 1 atom stereocenters. The topological polar surface area (TPSA) is 41.5 Å². The quantitative estimate of drug-likeness (QED) is 0.806. The van der Waals surface area contributed by atoms with Crippen molar-refractivity contribution in [2.24, 2.45) is 0 Å². The maximum atomic E-state index is 10.7. The molecular formula is C16H31NO2. The Balaban J connectivity index is 1.75. The molecule has 1 aliphatic carbocycles. The molecule has 3 nitrogen and oxygen atoms in total. The molecule has 2 aliphatic rings. The van der Waals surface area contributed by atoms with Gasteiger partial charge in [0.15, 0.2) is 0 Å². The van der Waals surface area contributed by atoms with Crippen LogP contribution in [0.3, 0.4) is 0 Å². The Kier molecular flexibility index (Phi) is 4.91. The van der Waals surface area contributed by atoms with E-state index >= 15 is 0 Å². The summed E-state index contributed by atoms with van der Waals surface area (Å²) in [6.07, 6.45) is 8.56. The van der Waals surface area contributed by atoms with Crippen LogP contribution in [0, 0.1) is 0 Å². The van der Waals surface area contributed by atoms with Crippen LogP contribution in [0.4, 0.5) is 0 Å². The van der Waals surface area contributed by atoms with Gasteiger partial charge in [0.2, 0.25) is 0 Å². The first kappa shape index (κ1) is 15.3. The maximum absolute atomic E-state index is 10.7. The zero-order valence-electron chi connectivity index (χ0n) is 12.9. The van der Waals surface area contributed by atoms with Gasteiger partial charge in [0.1, 0.15) is 0 Å². The standard InChI is InChI=1S/C16H31NO2/c1-4-11-17-13-5-9-16(18,10-6-13)12-14-7-8-15(2,3)19-14/h13-14,17-18H,4-12H2,1-3H3. The van der Waals surface area contributed by atoms with Gasteiger partial charge in [-0.25, -0.2) is 0 Å². The summed E-state index contributed by atoms with van der Waals surface area (Å²) in [5.41, 5.74) is -0.462. The normalized spacial score (nSPS) is 38.5. The van der Waals surface area contributed by atoms with E-state index < -0.39 is 5.60 Å². The Morgan fingerprint density at radius 3 is 2.37 bits per heavy atom. The van der Waals surface area contributed by atoms with Crippen molar-refractivity contribution in [1.29, 1.82) is 0 Å². The first-order valence-corrected chi connectivity index (χ1v) is 8.06. The zero-order chi connectivity index (χ0) is 13.9. The molecule has 0 radical (unpaired) electrons. The van der Waals surface area contributed by atoms with Gasteiger partial charge in [0.25, 0.3) is 0 Å². The van der Waals surface area contributed by atoms with E-state index in [0.29, 0.717) is 6.04 Å². The summed E-state index contributed by atoms with van der Waals surface area (Å²) in [6.45, 7) is 7.61. The van der Waals surface area contributed by atoms with Gasteiger partial charge in [-0.1, -0.05) is 6.92 Å². The number of hydrogen-bond acceptors (Lipinski definition) is 3. The van der Waals surface area contributed by atoms with Crippen molar-refractivity contribution in [3.05, 3.63) is 0 Å². The minimum atomic E-state index is -0.477. The van der Waals surface area contributed by atoms with Crippen molar-refractivity contribution in [3.8, 4) is 0 Å². The second-order valence-corrected chi connectivity index (χ2v) is 7.20.